The summed E-state index contributed by atoms with van der Waals surface area (Å²) < 4.78 is 12.2. The lowest BCUT2D eigenvalue weighted by Gasteiger charge is -2.36. The van der Waals surface area contributed by atoms with E-state index in [0.29, 0.717) is 18.1 Å². The van der Waals surface area contributed by atoms with Gasteiger partial charge in [0, 0.05) is 18.6 Å². The molecule has 2 aliphatic heterocycles. The van der Waals surface area contributed by atoms with Crippen molar-refractivity contribution in [2.45, 2.75) is 77.2 Å². The van der Waals surface area contributed by atoms with E-state index in [0.717, 1.165) is 19.6 Å². The van der Waals surface area contributed by atoms with Crippen LogP contribution in [0.25, 0.3) is 0 Å². The smallest absolute Gasteiger partial charge is 0.0732 e. The van der Waals surface area contributed by atoms with Crippen molar-refractivity contribution in [2.24, 2.45) is 5.92 Å². The highest BCUT2D eigenvalue weighted by Gasteiger charge is 2.50. The maximum Gasteiger partial charge on any atom is 0.0732 e. The molecule has 2 aliphatic rings. The van der Waals surface area contributed by atoms with Crippen LogP contribution in [-0.4, -0.2) is 36.5 Å². The third kappa shape index (κ3) is 2.89. The van der Waals surface area contributed by atoms with Gasteiger partial charge < -0.3 is 14.8 Å². The normalized spacial score (nSPS) is 35.8. The lowest BCUT2D eigenvalue weighted by Crippen LogP contribution is -2.50. The zero-order valence-electron chi connectivity index (χ0n) is 12.6. The van der Waals surface area contributed by atoms with Crippen LogP contribution >= 0.6 is 0 Å². The summed E-state index contributed by atoms with van der Waals surface area (Å²) in [4.78, 5) is 0. The third-order valence-corrected chi connectivity index (χ3v) is 4.38. The van der Waals surface area contributed by atoms with Crippen molar-refractivity contribution in [1.82, 2.24) is 5.32 Å². The lowest BCUT2D eigenvalue weighted by molar-refractivity contribution is -0.0833. The highest BCUT2D eigenvalue weighted by atomic mass is 16.5. The predicted octanol–water partition coefficient (Wildman–Crippen LogP) is 2.74. The van der Waals surface area contributed by atoms with E-state index in [1.807, 2.05) is 0 Å². The summed E-state index contributed by atoms with van der Waals surface area (Å²) in [6, 6.07) is 0.425. The van der Waals surface area contributed by atoms with Crippen LogP contribution in [0.2, 0.25) is 0 Å². The van der Waals surface area contributed by atoms with Gasteiger partial charge in [0.05, 0.1) is 17.3 Å². The Morgan fingerprint density at radius 2 is 2.00 bits per heavy atom. The van der Waals surface area contributed by atoms with Gasteiger partial charge in [-0.25, -0.2) is 0 Å². The van der Waals surface area contributed by atoms with Gasteiger partial charge in [-0.2, -0.15) is 0 Å². The second kappa shape index (κ2) is 5.10. The summed E-state index contributed by atoms with van der Waals surface area (Å²) in [6.45, 7) is 13.0. The van der Waals surface area contributed by atoms with Crippen LogP contribution in [0.4, 0.5) is 0 Å². The molecule has 2 saturated heterocycles. The maximum absolute atomic E-state index is 6.24. The Hall–Kier alpha value is -0.120. The second-order valence-corrected chi connectivity index (χ2v) is 6.91. The van der Waals surface area contributed by atoms with Crippen molar-refractivity contribution >= 4 is 0 Å². The van der Waals surface area contributed by atoms with Gasteiger partial charge >= 0.3 is 0 Å². The van der Waals surface area contributed by atoms with Gasteiger partial charge in [-0.1, -0.05) is 6.92 Å². The molecule has 3 unspecified atom stereocenters. The van der Waals surface area contributed by atoms with E-state index in [1.165, 1.54) is 12.8 Å². The summed E-state index contributed by atoms with van der Waals surface area (Å²) in [6.07, 6.45) is 3.86. The lowest BCUT2D eigenvalue weighted by atomic mass is 9.79. The number of nitrogens with one attached hydrogen (secondary N) is 1. The third-order valence-electron chi connectivity index (χ3n) is 4.38. The highest BCUT2D eigenvalue weighted by Crippen LogP contribution is 2.45. The molecule has 3 nitrogen and oxygen atoms in total. The quantitative estimate of drug-likeness (QED) is 0.838. The molecule has 0 aromatic rings. The number of likely N-dealkylation sites (N-methyl/N-ethyl adjacent to an activating group) is 1. The van der Waals surface area contributed by atoms with Gasteiger partial charge in [-0.15, -0.1) is 0 Å². The van der Waals surface area contributed by atoms with Crippen LogP contribution in [0.3, 0.4) is 0 Å². The van der Waals surface area contributed by atoms with Gasteiger partial charge in [0.1, 0.15) is 0 Å². The largest absolute Gasteiger partial charge is 0.377 e. The monoisotopic (exact) mass is 255 g/mol. The van der Waals surface area contributed by atoms with E-state index in [-0.39, 0.29) is 11.2 Å². The number of ether oxygens (including phenoxy) is 2. The van der Waals surface area contributed by atoms with Crippen molar-refractivity contribution < 1.29 is 9.47 Å². The van der Waals surface area contributed by atoms with E-state index in [1.54, 1.807) is 0 Å². The van der Waals surface area contributed by atoms with Gasteiger partial charge in [-0.05, 0) is 53.5 Å². The zero-order chi connectivity index (χ0) is 13.4. The Morgan fingerprint density at radius 3 is 2.44 bits per heavy atom. The fraction of sp³-hybridized carbons (Fsp3) is 1.00. The summed E-state index contributed by atoms with van der Waals surface area (Å²) in [5.74, 6) is 0.524. The molecule has 0 spiro atoms. The average molecular weight is 255 g/mol. The first-order valence-corrected chi connectivity index (χ1v) is 7.41. The molecule has 0 aromatic heterocycles. The molecule has 1 N–H and O–H groups in total. The SMILES string of the molecule is CCNC(C1CCCO1)C1CC(C)(C)OC1(C)C. The Labute approximate surface area is 112 Å². The molecule has 0 bridgehead atoms. The van der Waals surface area contributed by atoms with Crippen molar-refractivity contribution in [1.29, 1.82) is 0 Å². The molecule has 2 heterocycles. The van der Waals surface area contributed by atoms with E-state index >= 15 is 0 Å². The Kier molecular flexibility index (Phi) is 4.05. The number of hydrogen-bond acceptors (Lipinski definition) is 3. The first kappa shape index (κ1) is 14.3. The first-order valence-electron chi connectivity index (χ1n) is 7.41. The zero-order valence-corrected chi connectivity index (χ0v) is 12.6. The van der Waals surface area contributed by atoms with Crippen LogP contribution < -0.4 is 5.32 Å². The van der Waals surface area contributed by atoms with E-state index in [4.69, 9.17) is 9.47 Å². The van der Waals surface area contributed by atoms with Crippen molar-refractivity contribution in [3.05, 3.63) is 0 Å². The minimum absolute atomic E-state index is 0.0135. The van der Waals surface area contributed by atoms with E-state index in [9.17, 15) is 0 Å². The Balaban J connectivity index is 2.14. The highest BCUT2D eigenvalue weighted by molar-refractivity contribution is 5.02. The molecule has 0 aliphatic carbocycles. The maximum atomic E-state index is 6.24. The van der Waals surface area contributed by atoms with Crippen molar-refractivity contribution in [2.75, 3.05) is 13.2 Å². The van der Waals surface area contributed by atoms with Crippen LogP contribution in [0.1, 0.15) is 53.9 Å². The molecule has 2 rings (SSSR count). The van der Waals surface area contributed by atoms with E-state index < -0.39 is 0 Å². The molecule has 0 aromatic carbocycles. The fourth-order valence-electron chi connectivity index (χ4n) is 3.82. The first-order chi connectivity index (χ1) is 8.36. The summed E-state index contributed by atoms with van der Waals surface area (Å²) in [5.41, 5.74) is -0.0806. The standard InChI is InChI=1S/C15H29NO2/c1-6-16-13(12-8-7-9-17-12)11-10-14(2,3)18-15(11,4)5/h11-13,16H,6-10H2,1-5H3. The van der Waals surface area contributed by atoms with Gasteiger partial charge in [-0.3, -0.25) is 0 Å². The fourth-order valence-corrected chi connectivity index (χ4v) is 3.82. The van der Waals surface area contributed by atoms with Crippen molar-refractivity contribution in [3.63, 3.8) is 0 Å². The Bertz CT molecular complexity index is 282. The van der Waals surface area contributed by atoms with E-state index in [2.05, 4.69) is 39.9 Å². The van der Waals surface area contributed by atoms with Crippen LogP contribution in [0.15, 0.2) is 0 Å². The molecule has 0 radical (unpaired) electrons. The van der Waals surface area contributed by atoms with Crippen molar-refractivity contribution in [3.8, 4) is 0 Å². The number of hydrogen-bond donors (Lipinski definition) is 1. The summed E-state index contributed by atoms with van der Waals surface area (Å²) in [5, 5.41) is 3.65. The molecule has 106 valence electrons. The topological polar surface area (TPSA) is 30.5 Å². The molecular formula is C15H29NO2. The van der Waals surface area contributed by atoms with Gasteiger partial charge in [0.2, 0.25) is 0 Å². The minimum atomic E-state index is -0.0672. The molecule has 2 fully saturated rings. The molecule has 18 heavy (non-hydrogen) atoms. The molecule has 0 amide bonds. The predicted molar refractivity (Wildman–Crippen MR) is 73.8 cm³/mol. The second-order valence-electron chi connectivity index (χ2n) is 6.91. The van der Waals surface area contributed by atoms with Crippen LogP contribution in [0, 0.1) is 5.92 Å². The molecule has 3 atom stereocenters. The van der Waals surface area contributed by atoms with Gasteiger partial charge in [0.25, 0.3) is 0 Å². The summed E-state index contributed by atoms with van der Waals surface area (Å²) in [7, 11) is 0. The van der Waals surface area contributed by atoms with Crippen LogP contribution in [0.5, 0.6) is 0 Å². The average Bonchev–Trinajstić information content (AvgIpc) is 2.80. The number of rotatable bonds is 4. The Morgan fingerprint density at radius 1 is 1.28 bits per heavy atom. The minimum Gasteiger partial charge on any atom is -0.377 e. The molecule has 3 heteroatoms. The molecular weight excluding hydrogens is 226 g/mol. The van der Waals surface area contributed by atoms with Gasteiger partial charge in [0.15, 0.2) is 0 Å². The van der Waals surface area contributed by atoms with Crippen LogP contribution in [-0.2, 0) is 9.47 Å². The summed E-state index contributed by atoms with van der Waals surface area (Å²) >= 11 is 0. The molecule has 0 saturated carbocycles.